The second-order valence-electron chi connectivity index (χ2n) is 8.31. The average Bonchev–Trinajstić information content (AvgIpc) is 2.90. The number of aromatic nitrogens is 1. The molecule has 1 aliphatic rings. The van der Waals surface area contributed by atoms with E-state index in [4.69, 9.17) is 14.2 Å². The number of methoxy groups -OCH3 is 3. The van der Waals surface area contributed by atoms with Crippen molar-refractivity contribution in [2.75, 3.05) is 27.9 Å². The number of nitrogens with zero attached hydrogens (tertiary/aromatic N) is 3. The molecular formula is C27H30N4O4. The lowest BCUT2D eigenvalue weighted by Crippen LogP contribution is -2.33. The first-order chi connectivity index (χ1) is 17.0. The molecule has 8 nitrogen and oxygen atoms in total. The molecule has 0 unspecified atom stereocenters. The van der Waals surface area contributed by atoms with E-state index in [1.165, 1.54) is 17.3 Å². The van der Waals surface area contributed by atoms with Crippen LogP contribution in [0, 0.1) is 0 Å². The summed E-state index contributed by atoms with van der Waals surface area (Å²) in [6.45, 7) is 3.82. The third kappa shape index (κ3) is 5.44. The number of hydrogen-bond donors (Lipinski definition) is 1. The van der Waals surface area contributed by atoms with Crippen molar-refractivity contribution in [1.29, 1.82) is 0 Å². The molecule has 0 saturated carbocycles. The van der Waals surface area contributed by atoms with Gasteiger partial charge in [0.05, 0.1) is 33.1 Å². The minimum absolute atomic E-state index is 0.194. The highest BCUT2D eigenvalue weighted by Crippen LogP contribution is 2.38. The Balaban J connectivity index is 1.50. The summed E-state index contributed by atoms with van der Waals surface area (Å²) in [7, 11) is 5.00. The molecular weight excluding hydrogens is 444 g/mol. The molecule has 1 amide bonds. The van der Waals surface area contributed by atoms with Gasteiger partial charge >= 0.3 is 0 Å². The summed E-state index contributed by atoms with van der Waals surface area (Å²) in [6.07, 6.45) is 5.67. The number of pyridine rings is 1. The van der Waals surface area contributed by atoms with Gasteiger partial charge in [-0.1, -0.05) is 0 Å². The highest BCUT2D eigenvalue weighted by atomic mass is 16.5. The zero-order valence-corrected chi connectivity index (χ0v) is 20.4. The topological polar surface area (TPSA) is 85.3 Å². The highest BCUT2D eigenvalue weighted by Gasteiger charge is 2.26. The fourth-order valence-electron chi connectivity index (χ4n) is 4.36. The second-order valence-corrected chi connectivity index (χ2v) is 8.31. The second kappa shape index (κ2) is 11.0. The standard InChI is InChI=1S/C27H30N4O4/c1-18-23-14-26(35-4)25(34-3)13-20(23)9-11-31(18)17-22-12-19(7-8-24(22)33-2)15-29-30-27(32)21-6-5-10-28-16-21/h5-8,10,12-16,18H,9,11,17H2,1-4H3,(H,30,32)/b29-15-/t18-/m1/s1. The fraction of sp³-hybridized carbons (Fsp3) is 0.296. The van der Waals surface area contributed by atoms with Crippen LogP contribution in [-0.4, -0.2) is 49.9 Å². The third-order valence-corrected chi connectivity index (χ3v) is 6.29. The van der Waals surface area contributed by atoms with Crippen molar-refractivity contribution in [3.8, 4) is 17.2 Å². The summed E-state index contributed by atoms with van der Waals surface area (Å²) in [5, 5.41) is 4.11. The quantitative estimate of drug-likeness (QED) is 0.393. The number of hydrazone groups is 1. The van der Waals surface area contributed by atoms with Crippen LogP contribution in [0.25, 0.3) is 0 Å². The zero-order chi connectivity index (χ0) is 24.8. The molecule has 0 bridgehead atoms. The van der Waals surface area contributed by atoms with Gasteiger partial charge in [0, 0.05) is 37.1 Å². The van der Waals surface area contributed by atoms with E-state index in [0.717, 1.165) is 41.3 Å². The Hall–Kier alpha value is -3.91. The monoisotopic (exact) mass is 474 g/mol. The molecule has 35 heavy (non-hydrogen) atoms. The molecule has 182 valence electrons. The molecule has 2 aromatic carbocycles. The Morgan fingerprint density at radius 2 is 1.89 bits per heavy atom. The van der Waals surface area contributed by atoms with Gasteiger partial charge < -0.3 is 14.2 Å². The van der Waals surface area contributed by atoms with Gasteiger partial charge in [0.25, 0.3) is 5.91 Å². The Kier molecular flexibility index (Phi) is 7.62. The van der Waals surface area contributed by atoms with Crippen molar-refractivity contribution in [3.63, 3.8) is 0 Å². The van der Waals surface area contributed by atoms with E-state index >= 15 is 0 Å². The van der Waals surface area contributed by atoms with Crippen molar-refractivity contribution in [3.05, 3.63) is 82.7 Å². The number of carbonyl (C=O) groups is 1. The Morgan fingerprint density at radius 1 is 1.11 bits per heavy atom. The van der Waals surface area contributed by atoms with Crippen LogP contribution in [0.15, 0.2) is 60.0 Å². The Morgan fingerprint density at radius 3 is 2.60 bits per heavy atom. The summed E-state index contributed by atoms with van der Waals surface area (Å²) < 4.78 is 16.6. The number of amides is 1. The van der Waals surface area contributed by atoms with Gasteiger partial charge in [-0.25, -0.2) is 5.43 Å². The molecule has 4 rings (SSSR count). The number of hydrogen-bond acceptors (Lipinski definition) is 7. The molecule has 1 N–H and O–H groups in total. The molecule has 0 aliphatic carbocycles. The molecule has 2 heterocycles. The molecule has 8 heteroatoms. The Labute approximate surface area is 205 Å². The molecule has 0 fully saturated rings. The maximum Gasteiger partial charge on any atom is 0.272 e. The average molecular weight is 475 g/mol. The van der Waals surface area contributed by atoms with Gasteiger partial charge in [-0.2, -0.15) is 5.10 Å². The summed E-state index contributed by atoms with van der Waals surface area (Å²) in [4.78, 5) is 18.5. The number of rotatable bonds is 8. The van der Waals surface area contributed by atoms with Crippen LogP contribution in [0.4, 0.5) is 0 Å². The van der Waals surface area contributed by atoms with Crippen LogP contribution in [0.2, 0.25) is 0 Å². The van der Waals surface area contributed by atoms with Crippen molar-refractivity contribution in [2.45, 2.75) is 25.9 Å². The first-order valence-corrected chi connectivity index (χ1v) is 11.4. The third-order valence-electron chi connectivity index (χ3n) is 6.29. The largest absolute Gasteiger partial charge is 0.496 e. The predicted octanol–water partition coefficient (Wildman–Crippen LogP) is 3.99. The van der Waals surface area contributed by atoms with Gasteiger partial charge in [-0.05, 0) is 72.5 Å². The first-order valence-electron chi connectivity index (χ1n) is 11.4. The van der Waals surface area contributed by atoms with Crippen molar-refractivity contribution < 1.29 is 19.0 Å². The van der Waals surface area contributed by atoms with Gasteiger partial charge in [-0.3, -0.25) is 14.7 Å². The molecule has 1 aromatic heterocycles. The highest BCUT2D eigenvalue weighted by molar-refractivity contribution is 5.94. The minimum Gasteiger partial charge on any atom is -0.496 e. The van der Waals surface area contributed by atoms with Crippen molar-refractivity contribution in [2.24, 2.45) is 5.10 Å². The van der Waals surface area contributed by atoms with Crippen LogP contribution < -0.4 is 19.6 Å². The molecule has 3 aromatic rings. The van der Waals surface area contributed by atoms with E-state index < -0.39 is 0 Å². The number of ether oxygens (including phenoxy) is 3. The van der Waals surface area contributed by atoms with E-state index in [9.17, 15) is 4.79 Å². The van der Waals surface area contributed by atoms with Gasteiger partial charge in [0.1, 0.15) is 5.75 Å². The van der Waals surface area contributed by atoms with E-state index in [2.05, 4.69) is 39.5 Å². The SMILES string of the molecule is COc1ccc(/C=N\NC(=O)c2cccnc2)cc1CN1CCc2cc(OC)c(OC)cc2[C@H]1C. The number of carbonyl (C=O) groups excluding carboxylic acids is 1. The van der Waals surface area contributed by atoms with Crippen molar-refractivity contribution >= 4 is 12.1 Å². The van der Waals surface area contributed by atoms with Crippen LogP contribution in [-0.2, 0) is 13.0 Å². The molecule has 0 saturated heterocycles. The van der Waals surface area contributed by atoms with E-state index in [1.54, 1.807) is 45.9 Å². The van der Waals surface area contributed by atoms with E-state index in [1.807, 2.05) is 18.2 Å². The van der Waals surface area contributed by atoms with Crippen molar-refractivity contribution in [1.82, 2.24) is 15.3 Å². The first kappa shape index (κ1) is 24.2. The van der Waals surface area contributed by atoms with E-state index in [-0.39, 0.29) is 11.9 Å². The van der Waals surface area contributed by atoms with Crippen LogP contribution in [0.5, 0.6) is 17.2 Å². The zero-order valence-electron chi connectivity index (χ0n) is 20.4. The van der Waals surface area contributed by atoms with Gasteiger partial charge in [0.15, 0.2) is 11.5 Å². The lowest BCUT2D eigenvalue weighted by atomic mass is 9.92. The molecule has 0 spiro atoms. The number of fused-ring (bicyclic) bond motifs is 1. The van der Waals surface area contributed by atoms with E-state index in [0.29, 0.717) is 12.1 Å². The summed E-state index contributed by atoms with van der Waals surface area (Å²) in [5.41, 5.74) is 7.43. The summed E-state index contributed by atoms with van der Waals surface area (Å²) in [5.74, 6) is 2.00. The predicted molar refractivity (Wildman–Crippen MR) is 134 cm³/mol. The van der Waals surface area contributed by atoms with Gasteiger partial charge in [-0.15, -0.1) is 0 Å². The van der Waals surface area contributed by atoms with Gasteiger partial charge in [0.2, 0.25) is 0 Å². The molecule has 1 atom stereocenters. The van der Waals surface area contributed by atoms with Crippen LogP contribution in [0.3, 0.4) is 0 Å². The molecule has 0 radical (unpaired) electrons. The molecule has 1 aliphatic heterocycles. The maximum absolute atomic E-state index is 12.2. The van der Waals surface area contributed by atoms with Crippen LogP contribution >= 0.6 is 0 Å². The number of benzene rings is 2. The Bertz CT molecular complexity index is 1210. The number of nitrogens with one attached hydrogen (secondary N) is 1. The maximum atomic E-state index is 12.2. The summed E-state index contributed by atoms with van der Waals surface area (Å²) >= 11 is 0. The minimum atomic E-state index is -0.309. The fourth-order valence-corrected chi connectivity index (χ4v) is 4.36. The normalized spacial score (nSPS) is 15.5. The lowest BCUT2D eigenvalue weighted by Gasteiger charge is -2.36. The van der Waals surface area contributed by atoms with Crippen LogP contribution in [0.1, 0.15) is 45.6 Å². The smallest absolute Gasteiger partial charge is 0.272 e. The lowest BCUT2D eigenvalue weighted by molar-refractivity contribution is 0.0954. The summed E-state index contributed by atoms with van der Waals surface area (Å²) in [6, 6.07) is 13.6.